The van der Waals surface area contributed by atoms with Crippen LogP contribution in [0.3, 0.4) is 0 Å². The van der Waals surface area contributed by atoms with E-state index in [1.807, 2.05) is 48.5 Å². The number of fused-ring (bicyclic) bond motifs is 1. The second-order valence-electron chi connectivity index (χ2n) is 5.59. The number of nitrogens with one attached hydrogen (secondary N) is 1. The molecule has 3 rings (SSSR count). The molecule has 0 aliphatic carbocycles. The monoisotopic (exact) mass is 348 g/mol. The highest BCUT2D eigenvalue weighted by molar-refractivity contribution is 7.87. The molecule has 0 saturated carbocycles. The average molecular weight is 348 g/mol. The lowest BCUT2D eigenvalue weighted by Gasteiger charge is -2.27. The van der Waals surface area contributed by atoms with Crippen molar-refractivity contribution < 1.29 is 17.9 Å². The first-order valence-electron chi connectivity index (χ1n) is 7.68. The van der Waals surface area contributed by atoms with E-state index in [1.54, 1.807) is 13.1 Å². The van der Waals surface area contributed by atoms with E-state index < -0.39 is 10.2 Å². The van der Waals surface area contributed by atoms with E-state index in [9.17, 15) is 8.42 Å². The van der Waals surface area contributed by atoms with Gasteiger partial charge in [-0.15, -0.1) is 0 Å². The Hall–Kier alpha value is -2.09. The quantitative estimate of drug-likeness (QED) is 0.864. The average Bonchev–Trinajstić information content (AvgIpc) is 2.60. The van der Waals surface area contributed by atoms with Crippen molar-refractivity contribution in [2.45, 2.75) is 12.6 Å². The summed E-state index contributed by atoms with van der Waals surface area (Å²) in [5, 5.41) is 0. The van der Waals surface area contributed by atoms with Gasteiger partial charge in [-0.2, -0.15) is 17.4 Å². The molecule has 1 aliphatic heterocycles. The van der Waals surface area contributed by atoms with Crippen LogP contribution in [-0.4, -0.2) is 39.0 Å². The molecule has 0 radical (unpaired) electrons. The Balaban J connectivity index is 1.56. The smallest absolute Gasteiger partial charge is 0.279 e. The minimum Gasteiger partial charge on any atom is -0.486 e. The first-order valence-corrected chi connectivity index (χ1v) is 9.12. The van der Waals surface area contributed by atoms with Gasteiger partial charge >= 0.3 is 0 Å². The van der Waals surface area contributed by atoms with Crippen LogP contribution in [0.5, 0.6) is 11.5 Å². The summed E-state index contributed by atoms with van der Waals surface area (Å²) in [7, 11) is -2.04. The van der Waals surface area contributed by atoms with E-state index >= 15 is 0 Å². The summed E-state index contributed by atoms with van der Waals surface area (Å²) >= 11 is 0. The summed E-state index contributed by atoms with van der Waals surface area (Å²) in [5.41, 5.74) is 0.927. The van der Waals surface area contributed by atoms with Crippen LogP contribution >= 0.6 is 0 Å². The lowest BCUT2D eigenvalue weighted by Crippen LogP contribution is -2.45. The highest BCUT2D eigenvalue weighted by Crippen LogP contribution is 2.30. The number of rotatable bonds is 6. The van der Waals surface area contributed by atoms with Gasteiger partial charge < -0.3 is 9.47 Å². The number of nitrogens with zero attached hydrogens (tertiary/aromatic N) is 1. The summed E-state index contributed by atoms with van der Waals surface area (Å²) in [6.45, 7) is 0.763. The summed E-state index contributed by atoms with van der Waals surface area (Å²) in [6, 6.07) is 16.8. The van der Waals surface area contributed by atoms with Crippen LogP contribution in [0.15, 0.2) is 54.6 Å². The van der Waals surface area contributed by atoms with Gasteiger partial charge in [0.15, 0.2) is 11.5 Å². The van der Waals surface area contributed by atoms with Gasteiger partial charge in [-0.25, -0.2) is 0 Å². The highest BCUT2D eigenvalue weighted by Gasteiger charge is 2.24. The molecule has 6 nitrogen and oxygen atoms in total. The fourth-order valence-electron chi connectivity index (χ4n) is 2.40. The largest absolute Gasteiger partial charge is 0.486 e. The van der Waals surface area contributed by atoms with Gasteiger partial charge in [-0.3, -0.25) is 0 Å². The van der Waals surface area contributed by atoms with E-state index in [2.05, 4.69) is 4.72 Å². The zero-order valence-electron chi connectivity index (χ0n) is 13.4. The molecule has 0 spiro atoms. The molecular formula is C17H20N2O4S. The third-order valence-corrected chi connectivity index (χ3v) is 5.20. The molecule has 1 N–H and O–H groups in total. The first-order chi connectivity index (χ1) is 11.5. The Bertz CT molecular complexity index is 780. The molecule has 7 heteroatoms. The van der Waals surface area contributed by atoms with Crippen LogP contribution in [0.2, 0.25) is 0 Å². The fourth-order valence-corrected chi connectivity index (χ4v) is 3.33. The van der Waals surface area contributed by atoms with Crippen molar-refractivity contribution in [3.05, 3.63) is 60.2 Å². The molecule has 24 heavy (non-hydrogen) atoms. The van der Waals surface area contributed by atoms with Gasteiger partial charge in [-0.1, -0.05) is 42.5 Å². The van der Waals surface area contributed by atoms with Gasteiger partial charge in [0.2, 0.25) is 0 Å². The topological polar surface area (TPSA) is 67.9 Å². The van der Waals surface area contributed by atoms with Crippen LogP contribution in [0.1, 0.15) is 5.56 Å². The van der Waals surface area contributed by atoms with Crippen molar-refractivity contribution in [3.63, 3.8) is 0 Å². The maximum Gasteiger partial charge on any atom is 0.279 e. The molecule has 0 saturated heterocycles. The van der Waals surface area contributed by atoms with Crippen molar-refractivity contribution in [1.29, 1.82) is 0 Å². The molecular weight excluding hydrogens is 328 g/mol. The van der Waals surface area contributed by atoms with Gasteiger partial charge in [-0.05, 0) is 17.7 Å². The predicted molar refractivity (Wildman–Crippen MR) is 91.2 cm³/mol. The van der Waals surface area contributed by atoms with Gasteiger partial charge in [0, 0.05) is 13.6 Å². The van der Waals surface area contributed by atoms with E-state index in [1.165, 1.54) is 4.31 Å². The van der Waals surface area contributed by atoms with Crippen LogP contribution in [0.25, 0.3) is 0 Å². The maximum absolute atomic E-state index is 12.3. The van der Waals surface area contributed by atoms with Crippen molar-refractivity contribution in [1.82, 2.24) is 9.03 Å². The predicted octanol–water partition coefficient (Wildman–Crippen LogP) is 1.79. The summed E-state index contributed by atoms with van der Waals surface area (Å²) in [6.07, 6.45) is -0.361. The third-order valence-electron chi connectivity index (χ3n) is 3.72. The van der Waals surface area contributed by atoms with Crippen LogP contribution in [0, 0.1) is 0 Å². The zero-order valence-corrected chi connectivity index (χ0v) is 14.2. The zero-order chi connectivity index (χ0) is 17.0. The summed E-state index contributed by atoms with van der Waals surface area (Å²) < 4.78 is 39.9. The molecule has 2 aromatic carbocycles. The Morgan fingerprint density at radius 1 is 1.08 bits per heavy atom. The molecule has 1 aliphatic rings. The molecule has 2 aromatic rings. The normalized spacial score (nSPS) is 17.0. The van der Waals surface area contributed by atoms with Crippen LogP contribution < -0.4 is 14.2 Å². The third kappa shape index (κ3) is 4.05. The number of ether oxygens (including phenoxy) is 2. The molecule has 0 bridgehead atoms. The van der Waals surface area contributed by atoms with E-state index in [4.69, 9.17) is 9.47 Å². The lowest BCUT2D eigenvalue weighted by atomic mass is 10.2. The number of hydrogen-bond acceptors (Lipinski definition) is 4. The number of hydrogen-bond donors (Lipinski definition) is 1. The lowest BCUT2D eigenvalue weighted by molar-refractivity contribution is 0.0940. The van der Waals surface area contributed by atoms with E-state index in [0.717, 1.165) is 5.56 Å². The van der Waals surface area contributed by atoms with Crippen LogP contribution in [-0.2, 0) is 16.8 Å². The van der Waals surface area contributed by atoms with E-state index in [0.29, 0.717) is 24.7 Å². The SMILES string of the molecule is CN(Cc1ccccc1)S(=O)(=O)NCC1COc2ccccc2O1. The molecule has 0 fully saturated rings. The van der Waals surface area contributed by atoms with Crippen LogP contribution in [0.4, 0.5) is 0 Å². The molecule has 128 valence electrons. The second kappa shape index (κ2) is 7.21. The molecule has 0 amide bonds. The standard InChI is InChI=1S/C17H20N2O4S/c1-19(12-14-7-3-2-4-8-14)24(20,21)18-11-15-13-22-16-9-5-6-10-17(16)23-15/h2-10,15,18H,11-13H2,1H3. The van der Waals surface area contributed by atoms with Crippen molar-refractivity contribution in [3.8, 4) is 11.5 Å². The number of para-hydroxylation sites is 2. The molecule has 1 atom stereocenters. The van der Waals surface area contributed by atoms with Crippen molar-refractivity contribution in [2.75, 3.05) is 20.2 Å². The molecule has 1 unspecified atom stereocenters. The summed E-state index contributed by atoms with van der Waals surface area (Å²) in [5.74, 6) is 1.31. The Morgan fingerprint density at radius 3 is 2.50 bits per heavy atom. The fraction of sp³-hybridized carbons (Fsp3) is 0.294. The Labute approximate surface area is 142 Å². The molecule has 0 aromatic heterocycles. The van der Waals surface area contributed by atoms with Gasteiger partial charge in [0.1, 0.15) is 12.7 Å². The Morgan fingerprint density at radius 2 is 1.75 bits per heavy atom. The van der Waals surface area contributed by atoms with E-state index in [-0.39, 0.29) is 12.6 Å². The minimum atomic E-state index is -3.59. The first kappa shape index (κ1) is 16.8. The Kier molecular flexibility index (Phi) is 5.03. The minimum absolute atomic E-state index is 0.149. The highest BCUT2D eigenvalue weighted by atomic mass is 32.2. The van der Waals surface area contributed by atoms with Gasteiger partial charge in [0.25, 0.3) is 10.2 Å². The summed E-state index contributed by atoms with van der Waals surface area (Å²) in [4.78, 5) is 0. The van der Waals surface area contributed by atoms with Crippen molar-refractivity contribution in [2.24, 2.45) is 0 Å². The van der Waals surface area contributed by atoms with Gasteiger partial charge in [0.05, 0.1) is 6.54 Å². The number of benzene rings is 2. The second-order valence-corrected chi connectivity index (χ2v) is 7.45. The molecule has 1 heterocycles. The maximum atomic E-state index is 12.3. The van der Waals surface area contributed by atoms with Crippen molar-refractivity contribution >= 4 is 10.2 Å².